The van der Waals surface area contributed by atoms with Crippen molar-refractivity contribution in [2.75, 3.05) is 11.5 Å². The number of aliphatic hydroxyl groups is 1. The van der Waals surface area contributed by atoms with E-state index in [4.69, 9.17) is 11.6 Å². The van der Waals surface area contributed by atoms with E-state index in [1.54, 1.807) is 16.4 Å². The molecule has 15 heavy (non-hydrogen) atoms. The fraction of sp³-hybridized carbons (Fsp3) is 0.700. The number of rotatable bonds is 2. The minimum absolute atomic E-state index is 0.581. The summed E-state index contributed by atoms with van der Waals surface area (Å²) >= 11 is 7.94. The van der Waals surface area contributed by atoms with Crippen LogP contribution in [0.3, 0.4) is 0 Å². The quantitative estimate of drug-likeness (QED) is 0.865. The second kappa shape index (κ2) is 4.00. The van der Waals surface area contributed by atoms with E-state index in [1.807, 2.05) is 14.0 Å². The van der Waals surface area contributed by atoms with Crippen molar-refractivity contribution < 1.29 is 5.11 Å². The highest BCUT2D eigenvalue weighted by molar-refractivity contribution is 7.99. The highest BCUT2D eigenvalue weighted by Crippen LogP contribution is 2.33. The molecule has 84 valence electrons. The molecule has 0 aliphatic carbocycles. The van der Waals surface area contributed by atoms with Crippen LogP contribution in [0.15, 0.2) is 0 Å². The van der Waals surface area contributed by atoms with Crippen molar-refractivity contribution >= 4 is 23.4 Å². The molecule has 0 radical (unpaired) electrons. The Morgan fingerprint density at radius 2 is 2.40 bits per heavy atom. The number of hydrogen-bond donors (Lipinski definition) is 1. The molecule has 0 aromatic carbocycles. The second-order valence-corrected chi connectivity index (χ2v) is 5.65. The number of hydrogen-bond acceptors (Lipinski definition) is 3. The molecule has 1 N–H and O–H groups in total. The number of nitrogens with zero attached hydrogens (tertiary/aromatic N) is 2. The third-order valence-electron chi connectivity index (χ3n) is 2.86. The van der Waals surface area contributed by atoms with E-state index in [0.29, 0.717) is 11.6 Å². The molecule has 2 heterocycles. The van der Waals surface area contributed by atoms with Gasteiger partial charge in [0.2, 0.25) is 0 Å². The molecule has 1 aliphatic heterocycles. The van der Waals surface area contributed by atoms with E-state index in [0.717, 1.165) is 29.2 Å². The zero-order valence-electron chi connectivity index (χ0n) is 8.96. The Balaban J connectivity index is 2.23. The smallest absolute Gasteiger partial charge is 0.130 e. The molecule has 0 amide bonds. The van der Waals surface area contributed by atoms with E-state index >= 15 is 0 Å². The monoisotopic (exact) mass is 246 g/mol. The summed E-state index contributed by atoms with van der Waals surface area (Å²) in [4.78, 5) is 0. The summed E-state index contributed by atoms with van der Waals surface area (Å²) in [5.74, 6) is 1.84. The lowest BCUT2D eigenvalue weighted by Crippen LogP contribution is -2.31. The van der Waals surface area contributed by atoms with Crippen LogP contribution in [-0.2, 0) is 13.5 Å². The standard InChI is InChI=1S/C10H15ClN2OS/c1-7-8(9(11)13(2)12-7)5-10(14)3-4-15-6-10/h14H,3-6H2,1-2H3. The molecule has 1 unspecified atom stereocenters. The Labute approximate surface area is 98.8 Å². The molecular formula is C10H15ClN2OS. The SMILES string of the molecule is Cc1nn(C)c(Cl)c1CC1(O)CCSC1. The highest BCUT2D eigenvalue weighted by atomic mass is 35.5. The summed E-state index contributed by atoms with van der Waals surface area (Å²) in [7, 11) is 1.83. The first kappa shape index (κ1) is 11.3. The van der Waals surface area contributed by atoms with Crippen LogP contribution in [0.4, 0.5) is 0 Å². The number of aryl methyl sites for hydroxylation is 2. The minimum atomic E-state index is -0.581. The molecule has 0 bridgehead atoms. The molecule has 0 saturated carbocycles. The van der Waals surface area contributed by atoms with Gasteiger partial charge in [-0.1, -0.05) is 11.6 Å². The number of halogens is 1. The summed E-state index contributed by atoms with van der Waals surface area (Å²) in [6, 6.07) is 0. The van der Waals surface area contributed by atoms with Gasteiger partial charge in [0.05, 0.1) is 11.3 Å². The van der Waals surface area contributed by atoms with Crippen LogP contribution >= 0.6 is 23.4 Å². The summed E-state index contributed by atoms with van der Waals surface area (Å²) in [6.45, 7) is 1.94. The van der Waals surface area contributed by atoms with Crippen LogP contribution in [0.2, 0.25) is 5.15 Å². The van der Waals surface area contributed by atoms with E-state index < -0.39 is 5.60 Å². The van der Waals surface area contributed by atoms with E-state index in [9.17, 15) is 5.11 Å². The van der Waals surface area contributed by atoms with Gasteiger partial charge in [-0.3, -0.25) is 4.68 Å². The van der Waals surface area contributed by atoms with Gasteiger partial charge < -0.3 is 5.11 Å². The first-order valence-corrected chi connectivity index (χ1v) is 6.53. The van der Waals surface area contributed by atoms with Crippen molar-refractivity contribution in [3.8, 4) is 0 Å². The van der Waals surface area contributed by atoms with Crippen molar-refractivity contribution in [2.24, 2.45) is 7.05 Å². The van der Waals surface area contributed by atoms with Gasteiger partial charge in [0.1, 0.15) is 5.15 Å². The number of aromatic nitrogens is 2. The molecule has 1 atom stereocenters. The molecule has 0 spiro atoms. The average molecular weight is 247 g/mol. The van der Waals surface area contributed by atoms with Crippen LogP contribution in [0.25, 0.3) is 0 Å². The van der Waals surface area contributed by atoms with Crippen LogP contribution in [0.5, 0.6) is 0 Å². The fourth-order valence-corrected chi connectivity index (χ4v) is 3.48. The molecular weight excluding hydrogens is 232 g/mol. The molecule has 1 aromatic rings. The van der Waals surface area contributed by atoms with Gasteiger partial charge in [0, 0.05) is 24.8 Å². The van der Waals surface area contributed by atoms with Gasteiger partial charge >= 0.3 is 0 Å². The van der Waals surface area contributed by atoms with Gasteiger partial charge in [0.15, 0.2) is 0 Å². The summed E-state index contributed by atoms with van der Waals surface area (Å²) < 4.78 is 1.66. The zero-order chi connectivity index (χ0) is 11.1. The van der Waals surface area contributed by atoms with Gasteiger partial charge in [-0.25, -0.2) is 0 Å². The third kappa shape index (κ3) is 2.17. The second-order valence-electron chi connectivity index (χ2n) is 4.18. The first-order chi connectivity index (χ1) is 7.02. The predicted octanol–water partition coefficient (Wildman–Crippen LogP) is 1.79. The van der Waals surface area contributed by atoms with Gasteiger partial charge in [-0.05, 0) is 19.1 Å². The largest absolute Gasteiger partial charge is 0.389 e. The molecule has 3 nitrogen and oxygen atoms in total. The lowest BCUT2D eigenvalue weighted by Gasteiger charge is -2.20. The summed E-state index contributed by atoms with van der Waals surface area (Å²) in [5, 5.41) is 15.2. The van der Waals surface area contributed by atoms with Crippen LogP contribution < -0.4 is 0 Å². The summed E-state index contributed by atoms with van der Waals surface area (Å²) in [6.07, 6.45) is 1.47. The Hall–Kier alpha value is -0.190. The maximum absolute atomic E-state index is 10.3. The van der Waals surface area contributed by atoms with E-state index in [-0.39, 0.29) is 0 Å². The van der Waals surface area contributed by atoms with Gasteiger partial charge in [-0.2, -0.15) is 16.9 Å². The first-order valence-electron chi connectivity index (χ1n) is 5.00. The fourth-order valence-electron chi connectivity index (χ4n) is 1.94. The molecule has 1 saturated heterocycles. The maximum atomic E-state index is 10.3. The van der Waals surface area contributed by atoms with Crippen LogP contribution in [-0.4, -0.2) is 32.0 Å². The number of thioether (sulfide) groups is 1. The summed E-state index contributed by atoms with van der Waals surface area (Å²) in [5.41, 5.74) is 1.33. The Morgan fingerprint density at radius 1 is 1.67 bits per heavy atom. The normalized spacial score (nSPS) is 26.1. The predicted molar refractivity (Wildman–Crippen MR) is 63.6 cm³/mol. The van der Waals surface area contributed by atoms with Crippen molar-refractivity contribution in [2.45, 2.75) is 25.4 Å². The van der Waals surface area contributed by atoms with Crippen molar-refractivity contribution in [1.29, 1.82) is 0 Å². The molecule has 1 aliphatic rings. The third-order valence-corrected chi connectivity index (χ3v) is 4.57. The van der Waals surface area contributed by atoms with Crippen molar-refractivity contribution in [3.05, 3.63) is 16.4 Å². The molecule has 5 heteroatoms. The maximum Gasteiger partial charge on any atom is 0.130 e. The van der Waals surface area contributed by atoms with Crippen LogP contribution in [0, 0.1) is 6.92 Å². The lowest BCUT2D eigenvalue weighted by atomic mass is 9.94. The lowest BCUT2D eigenvalue weighted by molar-refractivity contribution is 0.0685. The Kier molecular flexibility index (Phi) is 3.01. The van der Waals surface area contributed by atoms with Gasteiger partial charge in [-0.15, -0.1) is 0 Å². The Morgan fingerprint density at radius 3 is 2.87 bits per heavy atom. The van der Waals surface area contributed by atoms with Crippen molar-refractivity contribution in [1.82, 2.24) is 9.78 Å². The van der Waals surface area contributed by atoms with Gasteiger partial charge in [0.25, 0.3) is 0 Å². The topological polar surface area (TPSA) is 38.0 Å². The molecule has 2 rings (SSSR count). The molecule has 1 aromatic heterocycles. The highest BCUT2D eigenvalue weighted by Gasteiger charge is 2.33. The average Bonchev–Trinajstić information content (AvgIpc) is 2.68. The van der Waals surface area contributed by atoms with Crippen LogP contribution in [0.1, 0.15) is 17.7 Å². The minimum Gasteiger partial charge on any atom is -0.389 e. The zero-order valence-corrected chi connectivity index (χ0v) is 10.5. The Bertz CT molecular complexity index is 372. The van der Waals surface area contributed by atoms with E-state index in [2.05, 4.69) is 5.10 Å². The van der Waals surface area contributed by atoms with Crippen molar-refractivity contribution in [3.63, 3.8) is 0 Å². The molecule has 1 fully saturated rings. The van der Waals surface area contributed by atoms with E-state index in [1.165, 1.54) is 0 Å².